The summed E-state index contributed by atoms with van der Waals surface area (Å²) >= 11 is 0. The summed E-state index contributed by atoms with van der Waals surface area (Å²) in [6.07, 6.45) is 3.02. The van der Waals surface area contributed by atoms with Crippen molar-refractivity contribution in [1.29, 1.82) is 0 Å². The molecule has 6 nitrogen and oxygen atoms in total. The minimum Gasteiger partial charge on any atom is -0.354 e. The van der Waals surface area contributed by atoms with Gasteiger partial charge < -0.3 is 14.8 Å². The van der Waals surface area contributed by atoms with Gasteiger partial charge in [0.05, 0.1) is 24.8 Å². The van der Waals surface area contributed by atoms with Gasteiger partial charge in [-0.25, -0.2) is 4.68 Å². The van der Waals surface area contributed by atoms with E-state index in [9.17, 15) is 0 Å². The normalized spacial score (nSPS) is 11.3. The van der Waals surface area contributed by atoms with Crippen molar-refractivity contribution in [2.75, 3.05) is 26.1 Å². The van der Waals surface area contributed by atoms with E-state index in [1.807, 2.05) is 36.4 Å². The summed E-state index contributed by atoms with van der Waals surface area (Å²) in [5.74, 6) is 0.839. The summed E-state index contributed by atoms with van der Waals surface area (Å²) in [6, 6.07) is 11.8. The van der Waals surface area contributed by atoms with E-state index < -0.39 is 0 Å². The molecule has 0 radical (unpaired) electrons. The van der Waals surface area contributed by atoms with E-state index in [4.69, 9.17) is 9.47 Å². The molecule has 0 aliphatic carbocycles. The number of ether oxygens (including phenoxy) is 2. The Kier molecular flexibility index (Phi) is 5.28. The second-order valence-corrected chi connectivity index (χ2v) is 4.00. The van der Waals surface area contributed by atoms with E-state index >= 15 is 0 Å². The zero-order chi connectivity index (χ0) is 14.2. The first kappa shape index (κ1) is 14.2. The topological polar surface area (TPSA) is 60.7 Å². The average molecular weight is 274 g/mol. The van der Waals surface area contributed by atoms with Crippen LogP contribution in [0.1, 0.15) is 0 Å². The lowest BCUT2D eigenvalue weighted by Crippen LogP contribution is -2.17. The Bertz CT molecular complexity index is 535. The van der Waals surface area contributed by atoms with Crippen molar-refractivity contribution in [3.63, 3.8) is 0 Å². The summed E-state index contributed by atoms with van der Waals surface area (Å²) in [7, 11) is 3.17. The van der Waals surface area contributed by atoms with Crippen LogP contribution >= 0.6 is 0 Å². The van der Waals surface area contributed by atoms with Gasteiger partial charge in [-0.3, -0.25) is 4.99 Å². The van der Waals surface area contributed by atoms with Gasteiger partial charge in [0.1, 0.15) is 5.82 Å². The molecule has 0 fully saturated rings. The molecule has 0 bridgehead atoms. The molecule has 2 aromatic rings. The minimum atomic E-state index is -0.327. The smallest absolute Gasteiger partial charge is 0.176 e. The average Bonchev–Trinajstić information content (AvgIpc) is 2.97. The van der Waals surface area contributed by atoms with Crippen molar-refractivity contribution in [3.05, 3.63) is 42.6 Å². The van der Waals surface area contributed by atoms with Crippen LogP contribution in [0.4, 0.5) is 5.82 Å². The van der Waals surface area contributed by atoms with Gasteiger partial charge in [-0.1, -0.05) is 18.2 Å². The Morgan fingerprint density at radius 3 is 2.70 bits per heavy atom. The fourth-order valence-electron chi connectivity index (χ4n) is 1.68. The number of para-hydroxylation sites is 1. The van der Waals surface area contributed by atoms with Gasteiger partial charge in [-0.2, -0.15) is 5.10 Å². The number of nitrogens with one attached hydrogen (secondary N) is 1. The summed E-state index contributed by atoms with van der Waals surface area (Å²) in [6.45, 7) is 0.430. The Morgan fingerprint density at radius 2 is 2.00 bits per heavy atom. The highest BCUT2D eigenvalue weighted by molar-refractivity contribution is 5.74. The first-order valence-corrected chi connectivity index (χ1v) is 6.25. The zero-order valence-electron chi connectivity index (χ0n) is 11.6. The summed E-state index contributed by atoms with van der Waals surface area (Å²) in [5, 5.41) is 7.37. The van der Waals surface area contributed by atoms with Crippen LogP contribution in [0, 0.1) is 0 Å². The molecule has 0 aliphatic rings. The number of benzene rings is 1. The van der Waals surface area contributed by atoms with Gasteiger partial charge in [0.2, 0.25) is 0 Å². The van der Waals surface area contributed by atoms with Gasteiger partial charge in [0.25, 0.3) is 0 Å². The summed E-state index contributed by atoms with van der Waals surface area (Å²) in [5.41, 5.74) is 0.986. The number of aliphatic imine (C=N–C) groups is 1. The molecule has 1 heterocycles. The second-order valence-electron chi connectivity index (χ2n) is 4.00. The van der Waals surface area contributed by atoms with Crippen LogP contribution in [0.5, 0.6) is 0 Å². The van der Waals surface area contributed by atoms with E-state index in [2.05, 4.69) is 15.4 Å². The number of rotatable bonds is 7. The molecule has 0 atom stereocenters. The van der Waals surface area contributed by atoms with Crippen LogP contribution in [0.15, 0.2) is 47.6 Å². The quantitative estimate of drug-likeness (QED) is 0.476. The number of aromatic nitrogens is 2. The van der Waals surface area contributed by atoms with E-state index in [1.54, 1.807) is 31.4 Å². The Hall–Kier alpha value is -2.18. The second kappa shape index (κ2) is 7.42. The van der Waals surface area contributed by atoms with Crippen molar-refractivity contribution >= 4 is 12.2 Å². The van der Waals surface area contributed by atoms with Gasteiger partial charge in [0.15, 0.2) is 6.29 Å². The maximum atomic E-state index is 5.05. The molecule has 1 aromatic heterocycles. The van der Waals surface area contributed by atoms with Crippen LogP contribution in [0.2, 0.25) is 0 Å². The number of methoxy groups -OCH3 is 2. The first-order valence-electron chi connectivity index (χ1n) is 6.25. The van der Waals surface area contributed by atoms with Crippen molar-refractivity contribution < 1.29 is 9.47 Å². The Labute approximate surface area is 118 Å². The van der Waals surface area contributed by atoms with Crippen LogP contribution in [0.3, 0.4) is 0 Å². The number of hydrogen-bond donors (Lipinski definition) is 1. The first-order chi connectivity index (χ1) is 9.85. The highest BCUT2D eigenvalue weighted by Gasteiger charge is 2.03. The molecule has 20 heavy (non-hydrogen) atoms. The van der Waals surface area contributed by atoms with Gasteiger partial charge in [-0.15, -0.1) is 0 Å². The molecule has 6 heteroatoms. The minimum absolute atomic E-state index is 0.327. The predicted molar refractivity (Wildman–Crippen MR) is 78.4 cm³/mol. The van der Waals surface area contributed by atoms with E-state index in [-0.39, 0.29) is 6.29 Å². The third-order valence-corrected chi connectivity index (χ3v) is 2.73. The summed E-state index contributed by atoms with van der Waals surface area (Å²) < 4.78 is 11.9. The molecule has 0 amide bonds. The molecule has 1 aromatic carbocycles. The van der Waals surface area contributed by atoms with Crippen LogP contribution in [-0.2, 0) is 9.47 Å². The van der Waals surface area contributed by atoms with Gasteiger partial charge in [-0.05, 0) is 12.1 Å². The van der Waals surface area contributed by atoms with Crippen molar-refractivity contribution in [1.82, 2.24) is 9.78 Å². The number of anilines is 1. The fourth-order valence-corrected chi connectivity index (χ4v) is 1.68. The molecule has 1 N–H and O–H groups in total. The molecular weight excluding hydrogens is 256 g/mol. The zero-order valence-corrected chi connectivity index (χ0v) is 11.6. The van der Waals surface area contributed by atoms with Crippen molar-refractivity contribution in [2.24, 2.45) is 4.99 Å². The molecule has 2 rings (SSSR count). The monoisotopic (exact) mass is 274 g/mol. The lowest BCUT2D eigenvalue weighted by Gasteiger charge is -2.10. The van der Waals surface area contributed by atoms with Crippen molar-refractivity contribution in [2.45, 2.75) is 6.29 Å². The standard InChI is InChI=1S/C14H18N4O2/c1-19-14(20-2)10-15-11-16-13-8-9-17-18(13)12-6-4-3-5-7-12/h3-9,11,14H,10H2,1-2H3,(H,15,16). The van der Waals surface area contributed by atoms with Gasteiger partial charge >= 0.3 is 0 Å². The maximum absolute atomic E-state index is 5.05. The number of hydrogen-bond acceptors (Lipinski definition) is 4. The number of nitrogens with zero attached hydrogens (tertiary/aromatic N) is 3. The molecule has 0 aliphatic heterocycles. The SMILES string of the molecule is COC(CN=CNc1ccnn1-c1ccccc1)OC. The lowest BCUT2D eigenvalue weighted by atomic mass is 10.3. The molecule has 0 saturated carbocycles. The van der Waals surface area contributed by atoms with E-state index in [0.29, 0.717) is 6.54 Å². The molecule has 106 valence electrons. The van der Waals surface area contributed by atoms with E-state index in [0.717, 1.165) is 11.5 Å². The Balaban J connectivity index is 1.98. The maximum Gasteiger partial charge on any atom is 0.176 e. The Morgan fingerprint density at radius 1 is 1.25 bits per heavy atom. The molecule has 0 spiro atoms. The lowest BCUT2D eigenvalue weighted by molar-refractivity contribution is -0.0936. The highest BCUT2D eigenvalue weighted by Crippen LogP contribution is 2.13. The van der Waals surface area contributed by atoms with Crippen LogP contribution in [0.25, 0.3) is 5.69 Å². The van der Waals surface area contributed by atoms with Crippen LogP contribution < -0.4 is 5.32 Å². The summed E-state index contributed by atoms with van der Waals surface area (Å²) in [4.78, 5) is 4.20. The van der Waals surface area contributed by atoms with Crippen LogP contribution in [-0.4, -0.2) is 43.2 Å². The largest absolute Gasteiger partial charge is 0.354 e. The molecule has 0 saturated heterocycles. The van der Waals surface area contributed by atoms with Gasteiger partial charge in [0, 0.05) is 20.3 Å². The third kappa shape index (κ3) is 3.66. The molecule has 0 unspecified atom stereocenters. The molecular formula is C14H18N4O2. The van der Waals surface area contributed by atoms with E-state index in [1.165, 1.54) is 0 Å². The predicted octanol–water partition coefficient (Wildman–Crippen LogP) is 1.93. The third-order valence-electron chi connectivity index (χ3n) is 2.73. The van der Waals surface area contributed by atoms with Crippen molar-refractivity contribution in [3.8, 4) is 5.69 Å². The highest BCUT2D eigenvalue weighted by atomic mass is 16.7. The fraction of sp³-hybridized carbons (Fsp3) is 0.286.